The molecule has 1 amide bonds. The van der Waals surface area contributed by atoms with Crippen molar-refractivity contribution in [3.8, 4) is 0 Å². The van der Waals surface area contributed by atoms with E-state index in [0.717, 1.165) is 31.6 Å². The van der Waals surface area contributed by atoms with Crippen LogP contribution in [0.25, 0.3) is 0 Å². The molecular weight excluding hydrogens is 268 g/mol. The molecule has 110 valence electrons. The largest absolute Gasteiger partial charge is 0.357 e. The Labute approximate surface area is 123 Å². The third-order valence-electron chi connectivity index (χ3n) is 3.43. The molecule has 3 rings (SSSR count). The Bertz CT molecular complexity index is 632. The lowest BCUT2D eigenvalue weighted by atomic mass is 10.2. The minimum atomic E-state index is -0.234. The van der Waals surface area contributed by atoms with Crippen LogP contribution in [0.2, 0.25) is 0 Å². The molecule has 0 saturated carbocycles. The molecule has 3 heterocycles. The SMILES string of the molecule is Cc1cccc(C(=O)Nc2cnn(C3CCCCO3)c2)n1. The number of anilines is 1. The number of hydrogen-bond acceptors (Lipinski definition) is 4. The summed E-state index contributed by atoms with van der Waals surface area (Å²) in [6, 6.07) is 5.36. The fourth-order valence-electron chi connectivity index (χ4n) is 2.36. The van der Waals surface area contributed by atoms with Crippen molar-refractivity contribution in [2.24, 2.45) is 0 Å². The van der Waals surface area contributed by atoms with Crippen LogP contribution >= 0.6 is 0 Å². The van der Waals surface area contributed by atoms with E-state index in [-0.39, 0.29) is 12.1 Å². The fourth-order valence-corrected chi connectivity index (χ4v) is 2.36. The molecule has 0 aliphatic carbocycles. The minimum Gasteiger partial charge on any atom is -0.357 e. The highest BCUT2D eigenvalue weighted by atomic mass is 16.5. The van der Waals surface area contributed by atoms with E-state index in [2.05, 4.69) is 15.4 Å². The Kier molecular flexibility index (Phi) is 3.96. The van der Waals surface area contributed by atoms with Gasteiger partial charge in [0.05, 0.1) is 18.1 Å². The number of nitrogens with zero attached hydrogens (tertiary/aromatic N) is 3. The molecule has 0 spiro atoms. The lowest BCUT2D eigenvalue weighted by molar-refractivity contribution is -0.0394. The number of hydrogen-bond donors (Lipinski definition) is 1. The van der Waals surface area contributed by atoms with Gasteiger partial charge in [-0.2, -0.15) is 5.10 Å². The van der Waals surface area contributed by atoms with Crippen LogP contribution in [-0.4, -0.2) is 27.3 Å². The zero-order chi connectivity index (χ0) is 14.7. The maximum atomic E-state index is 12.1. The number of amides is 1. The van der Waals surface area contributed by atoms with Gasteiger partial charge in [0, 0.05) is 12.3 Å². The number of carbonyl (C=O) groups excluding carboxylic acids is 1. The predicted octanol–water partition coefficient (Wildman–Crippen LogP) is 2.54. The average Bonchev–Trinajstić information content (AvgIpc) is 2.97. The molecule has 6 nitrogen and oxygen atoms in total. The summed E-state index contributed by atoms with van der Waals surface area (Å²) in [5.41, 5.74) is 1.86. The third kappa shape index (κ3) is 3.28. The maximum Gasteiger partial charge on any atom is 0.274 e. The monoisotopic (exact) mass is 286 g/mol. The van der Waals surface area contributed by atoms with Gasteiger partial charge < -0.3 is 10.1 Å². The Morgan fingerprint density at radius 3 is 3.10 bits per heavy atom. The zero-order valence-corrected chi connectivity index (χ0v) is 12.0. The van der Waals surface area contributed by atoms with Crippen LogP contribution in [0.1, 0.15) is 41.7 Å². The molecular formula is C15H18N4O2. The molecule has 2 aromatic rings. The first-order chi connectivity index (χ1) is 10.2. The van der Waals surface area contributed by atoms with Gasteiger partial charge in [0.15, 0.2) is 0 Å². The second-order valence-electron chi connectivity index (χ2n) is 5.15. The summed E-state index contributed by atoms with van der Waals surface area (Å²) in [5, 5.41) is 7.07. The van der Waals surface area contributed by atoms with Crippen molar-refractivity contribution in [3.05, 3.63) is 42.0 Å². The van der Waals surface area contributed by atoms with E-state index < -0.39 is 0 Å². The van der Waals surface area contributed by atoms with Crippen LogP contribution in [0.4, 0.5) is 5.69 Å². The van der Waals surface area contributed by atoms with Crippen molar-refractivity contribution in [2.75, 3.05) is 11.9 Å². The molecule has 6 heteroatoms. The number of pyridine rings is 1. The van der Waals surface area contributed by atoms with E-state index in [9.17, 15) is 4.79 Å². The van der Waals surface area contributed by atoms with E-state index in [0.29, 0.717) is 11.4 Å². The van der Waals surface area contributed by atoms with Crippen LogP contribution in [0, 0.1) is 6.92 Å². The molecule has 0 bridgehead atoms. The third-order valence-corrected chi connectivity index (χ3v) is 3.43. The molecule has 1 fully saturated rings. The second kappa shape index (κ2) is 6.05. The lowest BCUT2D eigenvalue weighted by Crippen LogP contribution is -2.18. The number of aromatic nitrogens is 3. The highest BCUT2D eigenvalue weighted by Gasteiger charge is 2.17. The van der Waals surface area contributed by atoms with Crippen molar-refractivity contribution in [2.45, 2.75) is 32.4 Å². The average molecular weight is 286 g/mol. The molecule has 1 N–H and O–H groups in total. The van der Waals surface area contributed by atoms with Gasteiger partial charge in [-0.3, -0.25) is 4.79 Å². The van der Waals surface area contributed by atoms with Gasteiger partial charge in [0.2, 0.25) is 0 Å². The first kappa shape index (κ1) is 13.8. The quantitative estimate of drug-likeness (QED) is 0.941. The number of carbonyl (C=O) groups is 1. The molecule has 0 radical (unpaired) electrons. The van der Waals surface area contributed by atoms with Crippen molar-refractivity contribution in [1.29, 1.82) is 0 Å². The molecule has 1 aliphatic heterocycles. The number of aryl methyl sites for hydroxylation is 1. The highest BCUT2D eigenvalue weighted by Crippen LogP contribution is 2.22. The minimum absolute atomic E-state index is 0.0264. The number of nitrogens with one attached hydrogen (secondary N) is 1. The Morgan fingerprint density at radius 2 is 2.33 bits per heavy atom. The van der Waals surface area contributed by atoms with Crippen molar-refractivity contribution >= 4 is 11.6 Å². The van der Waals surface area contributed by atoms with Crippen LogP contribution in [0.5, 0.6) is 0 Å². The fraction of sp³-hybridized carbons (Fsp3) is 0.400. The molecule has 21 heavy (non-hydrogen) atoms. The lowest BCUT2D eigenvalue weighted by Gasteiger charge is -2.22. The van der Waals surface area contributed by atoms with E-state index >= 15 is 0 Å². The summed E-state index contributed by atoms with van der Waals surface area (Å²) in [6.07, 6.45) is 6.59. The molecule has 1 aliphatic rings. The first-order valence-corrected chi connectivity index (χ1v) is 7.13. The summed E-state index contributed by atoms with van der Waals surface area (Å²) in [7, 11) is 0. The van der Waals surface area contributed by atoms with Crippen molar-refractivity contribution in [1.82, 2.24) is 14.8 Å². The number of ether oxygens (including phenoxy) is 1. The van der Waals surface area contributed by atoms with Gasteiger partial charge in [-0.05, 0) is 38.3 Å². The Morgan fingerprint density at radius 1 is 1.43 bits per heavy atom. The Hall–Kier alpha value is -2.21. The van der Waals surface area contributed by atoms with Crippen LogP contribution in [0.3, 0.4) is 0 Å². The summed E-state index contributed by atoms with van der Waals surface area (Å²) in [5.74, 6) is -0.234. The van der Waals surface area contributed by atoms with Gasteiger partial charge in [-0.25, -0.2) is 9.67 Å². The van der Waals surface area contributed by atoms with Crippen LogP contribution < -0.4 is 5.32 Å². The molecule has 0 aromatic carbocycles. The maximum absolute atomic E-state index is 12.1. The Balaban J connectivity index is 1.68. The molecule has 1 saturated heterocycles. The van der Waals surface area contributed by atoms with Crippen molar-refractivity contribution < 1.29 is 9.53 Å². The van der Waals surface area contributed by atoms with Crippen LogP contribution in [-0.2, 0) is 4.74 Å². The smallest absolute Gasteiger partial charge is 0.274 e. The van der Waals surface area contributed by atoms with E-state index in [1.807, 2.05) is 19.1 Å². The van der Waals surface area contributed by atoms with Gasteiger partial charge >= 0.3 is 0 Å². The van der Waals surface area contributed by atoms with Crippen LogP contribution in [0.15, 0.2) is 30.6 Å². The van der Waals surface area contributed by atoms with Gasteiger partial charge in [0.25, 0.3) is 5.91 Å². The topological polar surface area (TPSA) is 69.0 Å². The molecule has 1 unspecified atom stereocenters. The summed E-state index contributed by atoms with van der Waals surface area (Å²) in [6.45, 7) is 2.62. The van der Waals surface area contributed by atoms with Crippen molar-refractivity contribution in [3.63, 3.8) is 0 Å². The van der Waals surface area contributed by atoms with Gasteiger partial charge in [-0.15, -0.1) is 0 Å². The van der Waals surface area contributed by atoms with Gasteiger partial charge in [0.1, 0.15) is 11.9 Å². The van der Waals surface area contributed by atoms with E-state index in [1.165, 1.54) is 0 Å². The number of rotatable bonds is 3. The summed E-state index contributed by atoms with van der Waals surface area (Å²) in [4.78, 5) is 16.3. The summed E-state index contributed by atoms with van der Waals surface area (Å²) >= 11 is 0. The van der Waals surface area contributed by atoms with E-state index in [1.54, 1.807) is 23.1 Å². The highest BCUT2D eigenvalue weighted by molar-refractivity contribution is 6.02. The normalized spacial score (nSPS) is 18.4. The van der Waals surface area contributed by atoms with Gasteiger partial charge in [-0.1, -0.05) is 6.07 Å². The predicted molar refractivity (Wildman–Crippen MR) is 78.0 cm³/mol. The zero-order valence-electron chi connectivity index (χ0n) is 12.0. The molecule has 2 aromatic heterocycles. The standard InChI is InChI=1S/C15H18N4O2/c1-11-5-4-6-13(17-11)15(20)18-12-9-16-19(10-12)14-7-2-3-8-21-14/h4-6,9-10,14H,2-3,7-8H2,1H3,(H,18,20). The molecule has 1 atom stereocenters. The summed E-state index contributed by atoms with van der Waals surface area (Å²) < 4.78 is 7.42. The first-order valence-electron chi connectivity index (χ1n) is 7.13. The second-order valence-corrected chi connectivity index (χ2v) is 5.15. The van der Waals surface area contributed by atoms with E-state index in [4.69, 9.17) is 4.74 Å².